The minimum Gasteiger partial charge on any atom is -0.360 e. The van der Waals surface area contributed by atoms with Crippen molar-refractivity contribution in [2.75, 3.05) is 5.32 Å². The third-order valence-corrected chi connectivity index (χ3v) is 6.67. The molecule has 0 saturated heterocycles. The molecule has 1 amide bonds. The molecule has 7 nitrogen and oxygen atoms in total. The number of amides is 1. The van der Waals surface area contributed by atoms with Gasteiger partial charge in [0.15, 0.2) is 11.0 Å². The van der Waals surface area contributed by atoms with Gasteiger partial charge in [-0.15, -0.1) is 11.3 Å². The van der Waals surface area contributed by atoms with E-state index >= 15 is 0 Å². The normalized spacial score (nSPS) is 12.5. The number of hydrogen-bond donors (Lipinski definition) is 1. The first-order valence-corrected chi connectivity index (χ1v) is 9.89. The van der Waals surface area contributed by atoms with E-state index in [2.05, 4.69) is 15.5 Å². The van der Waals surface area contributed by atoms with Crippen LogP contribution >= 0.6 is 23.1 Å². The summed E-state index contributed by atoms with van der Waals surface area (Å²) >= 11 is 2.79. The Balaban J connectivity index is 1.89. The van der Waals surface area contributed by atoms with Crippen molar-refractivity contribution in [3.63, 3.8) is 0 Å². The number of fused-ring (bicyclic) bond motifs is 1. The number of aromatic nitrogens is 3. The maximum absolute atomic E-state index is 12.7. The number of carbonyl (C=O) groups excluding carboxylic acids is 1. The highest BCUT2D eigenvalue weighted by atomic mass is 32.2. The summed E-state index contributed by atoms with van der Waals surface area (Å²) in [6, 6.07) is 1.66. The molecule has 0 fully saturated rings. The summed E-state index contributed by atoms with van der Waals surface area (Å²) in [6.07, 6.45) is 0.587. The number of carbonyl (C=O) groups is 1. The first-order valence-electron chi connectivity index (χ1n) is 8.19. The maximum Gasteiger partial charge on any atom is 0.262 e. The lowest BCUT2D eigenvalue weighted by Crippen LogP contribution is -2.27. The van der Waals surface area contributed by atoms with E-state index in [9.17, 15) is 9.59 Å². The number of nitrogens with zero attached hydrogens (tertiary/aromatic N) is 3. The predicted molar refractivity (Wildman–Crippen MR) is 104 cm³/mol. The summed E-state index contributed by atoms with van der Waals surface area (Å²) in [5.41, 5.74) is 0.891. The molecule has 1 atom stereocenters. The molecule has 3 rings (SSSR count). The van der Waals surface area contributed by atoms with Crippen molar-refractivity contribution in [1.82, 2.24) is 14.7 Å². The third-order valence-electron chi connectivity index (χ3n) is 4.16. The highest BCUT2D eigenvalue weighted by Crippen LogP contribution is 2.30. The molecular formula is C17H20N4O3S2. The van der Waals surface area contributed by atoms with Gasteiger partial charge in [-0.3, -0.25) is 14.2 Å². The molecule has 0 aliphatic carbocycles. The van der Waals surface area contributed by atoms with E-state index in [4.69, 9.17) is 4.52 Å². The third kappa shape index (κ3) is 3.41. The lowest BCUT2D eigenvalue weighted by Gasteiger charge is -2.14. The second-order valence-electron chi connectivity index (χ2n) is 6.05. The Hall–Kier alpha value is -2.13. The van der Waals surface area contributed by atoms with Crippen LogP contribution in [0.2, 0.25) is 0 Å². The van der Waals surface area contributed by atoms with E-state index < -0.39 is 5.25 Å². The van der Waals surface area contributed by atoms with E-state index in [1.165, 1.54) is 27.7 Å². The summed E-state index contributed by atoms with van der Waals surface area (Å²) in [5, 5.41) is 7.31. The largest absolute Gasteiger partial charge is 0.360 e. The Morgan fingerprint density at radius 1 is 1.42 bits per heavy atom. The molecule has 9 heteroatoms. The molecule has 0 spiro atoms. The molecule has 1 N–H and O–H groups in total. The van der Waals surface area contributed by atoms with Crippen LogP contribution in [-0.2, 0) is 11.8 Å². The number of anilines is 1. The van der Waals surface area contributed by atoms with Crippen LogP contribution in [-0.4, -0.2) is 25.9 Å². The zero-order valence-corrected chi connectivity index (χ0v) is 16.9. The Morgan fingerprint density at radius 3 is 2.77 bits per heavy atom. The number of rotatable bonds is 5. The predicted octanol–water partition coefficient (Wildman–Crippen LogP) is 3.42. The van der Waals surface area contributed by atoms with Crippen molar-refractivity contribution in [3.8, 4) is 0 Å². The first kappa shape index (κ1) is 18.7. The molecule has 0 bridgehead atoms. The van der Waals surface area contributed by atoms with Crippen LogP contribution in [0.3, 0.4) is 0 Å². The molecule has 138 valence electrons. The molecule has 0 aromatic carbocycles. The fourth-order valence-electron chi connectivity index (χ4n) is 2.54. The molecule has 26 heavy (non-hydrogen) atoms. The molecule has 3 aromatic heterocycles. The van der Waals surface area contributed by atoms with Gasteiger partial charge in [-0.2, -0.15) is 0 Å². The van der Waals surface area contributed by atoms with Crippen molar-refractivity contribution in [3.05, 3.63) is 32.6 Å². The van der Waals surface area contributed by atoms with Gasteiger partial charge in [0.25, 0.3) is 5.56 Å². The van der Waals surface area contributed by atoms with Crippen LogP contribution in [0.15, 0.2) is 20.5 Å². The van der Waals surface area contributed by atoms with Crippen LogP contribution in [0.5, 0.6) is 0 Å². The van der Waals surface area contributed by atoms with Crippen molar-refractivity contribution >= 4 is 45.0 Å². The minimum atomic E-state index is -0.398. The van der Waals surface area contributed by atoms with Gasteiger partial charge in [-0.1, -0.05) is 23.8 Å². The van der Waals surface area contributed by atoms with Crippen LogP contribution in [0.4, 0.5) is 5.82 Å². The smallest absolute Gasteiger partial charge is 0.262 e. The van der Waals surface area contributed by atoms with Gasteiger partial charge in [-0.25, -0.2) is 4.98 Å². The Morgan fingerprint density at radius 2 is 2.15 bits per heavy atom. The number of hydrogen-bond acceptors (Lipinski definition) is 7. The molecule has 0 saturated carbocycles. The van der Waals surface area contributed by atoms with Crippen LogP contribution in [0.1, 0.15) is 29.5 Å². The lowest BCUT2D eigenvalue weighted by atomic mass is 10.2. The Kier molecular flexibility index (Phi) is 5.19. The number of aryl methyl sites for hydroxylation is 3. The summed E-state index contributed by atoms with van der Waals surface area (Å²) in [7, 11) is 1.69. The van der Waals surface area contributed by atoms with Gasteiger partial charge in [0, 0.05) is 18.0 Å². The van der Waals surface area contributed by atoms with E-state index in [0.717, 1.165) is 10.4 Å². The molecule has 3 heterocycles. The van der Waals surface area contributed by atoms with Crippen LogP contribution < -0.4 is 10.9 Å². The molecule has 0 aliphatic rings. The zero-order chi connectivity index (χ0) is 19.0. The van der Waals surface area contributed by atoms with E-state index in [1.807, 2.05) is 20.8 Å². The SMILES string of the molecule is CCC(Sc1nc2sc(C)c(C)c2c(=O)n1C)C(=O)Nc1cc(C)on1. The fourth-order valence-corrected chi connectivity index (χ4v) is 4.59. The highest BCUT2D eigenvalue weighted by Gasteiger charge is 2.23. The fraction of sp³-hybridized carbons (Fsp3) is 0.412. The Bertz CT molecular complexity index is 1030. The second-order valence-corrected chi connectivity index (χ2v) is 8.42. The Labute approximate surface area is 158 Å². The second kappa shape index (κ2) is 7.24. The first-order chi connectivity index (χ1) is 12.3. The lowest BCUT2D eigenvalue weighted by molar-refractivity contribution is -0.115. The zero-order valence-electron chi connectivity index (χ0n) is 15.2. The summed E-state index contributed by atoms with van der Waals surface area (Å²) in [4.78, 5) is 31.7. The van der Waals surface area contributed by atoms with Crippen LogP contribution in [0.25, 0.3) is 10.2 Å². The highest BCUT2D eigenvalue weighted by molar-refractivity contribution is 8.00. The standard InChI is InChI=1S/C17H20N4O3S2/c1-6-11(14(22)18-12-7-8(2)24-20-12)26-17-19-15-13(16(23)21(17)5)9(3)10(4)25-15/h7,11H,6H2,1-5H3,(H,18,20,22). The monoisotopic (exact) mass is 392 g/mol. The minimum absolute atomic E-state index is 0.0817. The number of nitrogens with one attached hydrogen (secondary N) is 1. The topological polar surface area (TPSA) is 90.0 Å². The number of thioether (sulfide) groups is 1. The van der Waals surface area contributed by atoms with Gasteiger partial charge < -0.3 is 9.84 Å². The van der Waals surface area contributed by atoms with Gasteiger partial charge in [0.1, 0.15) is 10.6 Å². The van der Waals surface area contributed by atoms with Crippen molar-refractivity contribution in [2.45, 2.75) is 44.5 Å². The quantitative estimate of drug-likeness (QED) is 0.529. The van der Waals surface area contributed by atoms with Crippen molar-refractivity contribution < 1.29 is 9.32 Å². The maximum atomic E-state index is 12.7. The van der Waals surface area contributed by atoms with E-state index in [1.54, 1.807) is 20.0 Å². The van der Waals surface area contributed by atoms with Crippen molar-refractivity contribution in [2.24, 2.45) is 7.05 Å². The molecule has 1 unspecified atom stereocenters. The number of thiophene rings is 1. The summed E-state index contributed by atoms with van der Waals surface area (Å²) in [6.45, 7) is 7.60. The molecule has 0 radical (unpaired) electrons. The molecule has 3 aromatic rings. The summed E-state index contributed by atoms with van der Waals surface area (Å²) in [5.74, 6) is 0.811. The van der Waals surface area contributed by atoms with Gasteiger partial charge in [0.2, 0.25) is 5.91 Å². The van der Waals surface area contributed by atoms with Gasteiger partial charge in [-0.05, 0) is 32.8 Å². The van der Waals surface area contributed by atoms with Gasteiger partial charge in [0.05, 0.1) is 10.6 Å². The molecular weight excluding hydrogens is 372 g/mol. The van der Waals surface area contributed by atoms with Crippen molar-refractivity contribution in [1.29, 1.82) is 0 Å². The average Bonchev–Trinajstić information content (AvgIpc) is 3.12. The molecule has 0 aliphatic heterocycles. The van der Waals surface area contributed by atoms with Crippen LogP contribution in [0, 0.1) is 20.8 Å². The van der Waals surface area contributed by atoms with Gasteiger partial charge >= 0.3 is 0 Å². The summed E-state index contributed by atoms with van der Waals surface area (Å²) < 4.78 is 6.48. The van der Waals surface area contributed by atoms with E-state index in [-0.39, 0.29) is 11.5 Å². The van der Waals surface area contributed by atoms with E-state index in [0.29, 0.717) is 33.4 Å². The average molecular weight is 393 g/mol.